The summed E-state index contributed by atoms with van der Waals surface area (Å²) < 4.78 is 0.218. The Hall–Kier alpha value is 0.130. The van der Waals surface area contributed by atoms with Crippen molar-refractivity contribution < 1.29 is 4.79 Å². The van der Waals surface area contributed by atoms with Gasteiger partial charge in [0, 0.05) is 41.6 Å². The van der Waals surface area contributed by atoms with Crippen molar-refractivity contribution in [3.8, 4) is 0 Å². The maximum atomic E-state index is 12.3. The zero-order valence-electron chi connectivity index (χ0n) is 9.99. The van der Waals surface area contributed by atoms with Gasteiger partial charge in [-0.3, -0.25) is 4.79 Å². The van der Waals surface area contributed by atoms with Crippen molar-refractivity contribution >= 4 is 29.4 Å². The van der Waals surface area contributed by atoms with Crippen LogP contribution in [0.5, 0.6) is 0 Å². The van der Waals surface area contributed by atoms with E-state index in [-0.39, 0.29) is 10.8 Å². The summed E-state index contributed by atoms with van der Waals surface area (Å²) in [7, 11) is 0. The van der Waals surface area contributed by atoms with Gasteiger partial charge in [-0.15, -0.1) is 0 Å². The maximum absolute atomic E-state index is 12.3. The predicted molar refractivity (Wildman–Crippen MR) is 72.2 cm³/mol. The summed E-state index contributed by atoms with van der Waals surface area (Å²) in [6.07, 6.45) is 0. The van der Waals surface area contributed by atoms with Crippen molar-refractivity contribution in [3.05, 3.63) is 0 Å². The molecule has 92 valence electrons. The summed E-state index contributed by atoms with van der Waals surface area (Å²) in [5.41, 5.74) is 0. The van der Waals surface area contributed by atoms with Crippen LogP contribution in [0.25, 0.3) is 0 Å². The Kier molecular flexibility index (Phi) is 4.08. The van der Waals surface area contributed by atoms with Gasteiger partial charge in [-0.25, -0.2) is 0 Å². The zero-order chi connectivity index (χ0) is 11.6. The van der Waals surface area contributed by atoms with Gasteiger partial charge in [0.25, 0.3) is 0 Å². The van der Waals surface area contributed by atoms with Gasteiger partial charge >= 0.3 is 0 Å². The molecule has 2 aliphatic rings. The van der Waals surface area contributed by atoms with Crippen LogP contribution in [0.1, 0.15) is 13.8 Å². The number of thioether (sulfide) groups is 2. The van der Waals surface area contributed by atoms with Gasteiger partial charge in [-0.05, 0) is 13.8 Å². The zero-order valence-corrected chi connectivity index (χ0v) is 11.6. The predicted octanol–water partition coefficient (Wildman–Crippen LogP) is 1.05. The first-order valence-corrected chi connectivity index (χ1v) is 7.96. The van der Waals surface area contributed by atoms with E-state index in [1.165, 1.54) is 0 Å². The van der Waals surface area contributed by atoms with Crippen molar-refractivity contribution in [3.63, 3.8) is 0 Å². The van der Waals surface area contributed by atoms with Crippen molar-refractivity contribution in [1.82, 2.24) is 10.2 Å². The summed E-state index contributed by atoms with van der Waals surface area (Å²) in [6, 6.07) is 0.0534. The van der Waals surface area contributed by atoms with Crippen molar-refractivity contribution in [2.45, 2.75) is 24.6 Å². The molecule has 0 spiro atoms. The minimum absolute atomic E-state index is 0.0534. The Morgan fingerprint density at radius 3 is 2.88 bits per heavy atom. The van der Waals surface area contributed by atoms with E-state index in [4.69, 9.17) is 0 Å². The molecule has 1 amide bonds. The molecule has 3 nitrogen and oxygen atoms in total. The molecular weight excluding hydrogens is 240 g/mol. The normalized spacial score (nSPS) is 30.1. The Labute approximate surface area is 106 Å². The van der Waals surface area contributed by atoms with E-state index in [0.717, 1.165) is 36.9 Å². The second kappa shape index (κ2) is 5.19. The molecule has 2 heterocycles. The van der Waals surface area contributed by atoms with Crippen LogP contribution in [0.2, 0.25) is 0 Å². The monoisotopic (exact) mass is 260 g/mol. The molecule has 0 radical (unpaired) electrons. The number of carbonyl (C=O) groups is 1. The highest BCUT2D eigenvalue weighted by Crippen LogP contribution is 2.29. The van der Waals surface area contributed by atoms with Gasteiger partial charge in [-0.2, -0.15) is 23.5 Å². The van der Waals surface area contributed by atoms with Crippen molar-refractivity contribution in [2.75, 3.05) is 36.9 Å². The first kappa shape index (κ1) is 12.6. The lowest BCUT2D eigenvalue weighted by atomic mass is 10.1. The average Bonchev–Trinajstić information content (AvgIpc) is 2.28. The number of amides is 1. The lowest BCUT2D eigenvalue weighted by Gasteiger charge is -2.39. The van der Waals surface area contributed by atoms with Gasteiger partial charge < -0.3 is 10.2 Å². The van der Waals surface area contributed by atoms with E-state index in [9.17, 15) is 4.79 Å². The molecular formula is C11H20N2OS2. The van der Waals surface area contributed by atoms with E-state index in [0.29, 0.717) is 5.91 Å². The SMILES string of the molecule is CC1(C)CN(C(=O)C2CSCCN2)CCS1. The fraction of sp³-hybridized carbons (Fsp3) is 0.909. The van der Waals surface area contributed by atoms with Crippen molar-refractivity contribution in [2.24, 2.45) is 0 Å². The highest BCUT2D eigenvalue weighted by Gasteiger charge is 2.33. The second-order valence-corrected chi connectivity index (χ2v) is 7.90. The van der Waals surface area contributed by atoms with Gasteiger partial charge in [0.1, 0.15) is 0 Å². The standard InChI is InChI=1S/C11H20N2OS2/c1-11(2)8-13(4-6-16-11)10(14)9-7-15-5-3-12-9/h9,12H,3-8H2,1-2H3. The van der Waals surface area contributed by atoms with Crippen LogP contribution >= 0.6 is 23.5 Å². The van der Waals surface area contributed by atoms with Gasteiger partial charge in [0.05, 0.1) is 6.04 Å². The number of hydrogen-bond donors (Lipinski definition) is 1. The van der Waals surface area contributed by atoms with E-state index in [1.807, 2.05) is 28.4 Å². The molecule has 0 aromatic rings. The lowest BCUT2D eigenvalue weighted by molar-refractivity contribution is -0.133. The molecule has 1 unspecified atom stereocenters. The second-order valence-electron chi connectivity index (χ2n) is 4.95. The average molecular weight is 260 g/mol. The highest BCUT2D eigenvalue weighted by molar-refractivity contribution is 8.00. The van der Waals surface area contributed by atoms with Gasteiger partial charge in [-0.1, -0.05) is 0 Å². The third-order valence-corrected chi connectivity index (χ3v) is 5.32. The summed E-state index contributed by atoms with van der Waals surface area (Å²) >= 11 is 3.85. The number of carbonyl (C=O) groups excluding carboxylic acids is 1. The maximum Gasteiger partial charge on any atom is 0.240 e. The third kappa shape index (κ3) is 3.08. The lowest BCUT2D eigenvalue weighted by Crippen LogP contribution is -2.55. The summed E-state index contributed by atoms with van der Waals surface area (Å²) in [5.74, 6) is 3.44. The van der Waals surface area contributed by atoms with E-state index in [1.54, 1.807) is 0 Å². The third-order valence-electron chi connectivity index (χ3n) is 2.96. The molecule has 2 fully saturated rings. The Morgan fingerprint density at radius 2 is 2.25 bits per heavy atom. The molecule has 5 heteroatoms. The van der Waals surface area contributed by atoms with Gasteiger partial charge in [0.15, 0.2) is 0 Å². The molecule has 0 aromatic heterocycles. The van der Waals surface area contributed by atoms with Gasteiger partial charge in [0.2, 0.25) is 5.91 Å². The fourth-order valence-electron chi connectivity index (χ4n) is 2.15. The first-order chi connectivity index (χ1) is 7.58. The largest absolute Gasteiger partial charge is 0.339 e. The van der Waals surface area contributed by atoms with E-state index < -0.39 is 0 Å². The molecule has 0 bridgehead atoms. The smallest absolute Gasteiger partial charge is 0.240 e. The molecule has 2 rings (SSSR count). The van der Waals surface area contributed by atoms with Crippen LogP contribution in [0.4, 0.5) is 0 Å². The Bertz CT molecular complexity index is 265. The Balaban J connectivity index is 1.93. The molecule has 0 saturated carbocycles. The Morgan fingerprint density at radius 1 is 1.44 bits per heavy atom. The van der Waals surface area contributed by atoms with Crippen LogP contribution in [0.15, 0.2) is 0 Å². The summed E-state index contributed by atoms with van der Waals surface area (Å²) in [6.45, 7) is 7.21. The number of hydrogen-bond acceptors (Lipinski definition) is 4. The summed E-state index contributed by atoms with van der Waals surface area (Å²) in [5, 5.41) is 3.32. The molecule has 2 saturated heterocycles. The quantitative estimate of drug-likeness (QED) is 0.764. The number of nitrogens with one attached hydrogen (secondary N) is 1. The summed E-state index contributed by atoms with van der Waals surface area (Å²) in [4.78, 5) is 14.3. The molecule has 2 aliphatic heterocycles. The van der Waals surface area contributed by atoms with Crippen LogP contribution in [0.3, 0.4) is 0 Å². The topological polar surface area (TPSA) is 32.3 Å². The van der Waals surface area contributed by atoms with Crippen molar-refractivity contribution in [1.29, 1.82) is 0 Å². The first-order valence-electron chi connectivity index (χ1n) is 5.82. The highest BCUT2D eigenvalue weighted by atomic mass is 32.2. The van der Waals surface area contributed by atoms with Crippen LogP contribution < -0.4 is 5.32 Å². The van der Waals surface area contributed by atoms with Crippen LogP contribution in [0, 0.1) is 0 Å². The molecule has 16 heavy (non-hydrogen) atoms. The molecule has 1 atom stereocenters. The van der Waals surface area contributed by atoms with E-state index >= 15 is 0 Å². The fourth-order valence-corrected chi connectivity index (χ4v) is 4.19. The molecule has 0 aromatic carbocycles. The number of rotatable bonds is 1. The molecule has 1 N–H and O–H groups in total. The van der Waals surface area contributed by atoms with E-state index in [2.05, 4.69) is 19.2 Å². The van der Waals surface area contributed by atoms with Crippen LogP contribution in [-0.4, -0.2) is 58.5 Å². The number of nitrogens with zero attached hydrogens (tertiary/aromatic N) is 1. The molecule has 0 aliphatic carbocycles. The minimum Gasteiger partial charge on any atom is -0.339 e. The van der Waals surface area contributed by atoms with Crippen LogP contribution in [-0.2, 0) is 4.79 Å². The minimum atomic E-state index is 0.0534.